The summed E-state index contributed by atoms with van der Waals surface area (Å²) in [6, 6.07) is 3.97. The summed E-state index contributed by atoms with van der Waals surface area (Å²) in [5.74, 6) is 1.15. The molecule has 1 saturated heterocycles. The van der Waals surface area contributed by atoms with E-state index in [2.05, 4.69) is 24.1 Å². The zero-order chi connectivity index (χ0) is 15.6. The van der Waals surface area contributed by atoms with Gasteiger partial charge in [0.15, 0.2) is 9.84 Å². The van der Waals surface area contributed by atoms with Gasteiger partial charge in [-0.25, -0.2) is 13.4 Å². The van der Waals surface area contributed by atoms with Gasteiger partial charge in [-0.1, -0.05) is 25.4 Å². The van der Waals surface area contributed by atoms with Gasteiger partial charge in [0.25, 0.3) is 0 Å². The Kier molecular flexibility index (Phi) is 5.11. The van der Waals surface area contributed by atoms with E-state index >= 15 is 0 Å². The molecule has 0 saturated carbocycles. The number of pyridine rings is 1. The molecule has 1 unspecified atom stereocenters. The average Bonchev–Trinajstić information content (AvgIpc) is 2.37. The fraction of sp³-hybridized carbons (Fsp3) is 0.643. The molecule has 7 heteroatoms. The smallest absolute Gasteiger partial charge is 0.154 e. The first-order valence-electron chi connectivity index (χ1n) is 7.14. The fourth-order valence-corrected chi connectivity index (χ4v) is 4.13. The van der Waals surface area contributed by atoms with E-state index < -0.39 is 9.84 Å². The SMILES string of the molecule is CC(C)NCc1nc(N2CCS(=O)(=O)CC2C)ccc1Cl. The lowest BCUT2D eigenvalue weighted by atomic mass is 10.2. The summed E-state index contributed by atoms with van der Waals surface area (Å²) in [5, 5.41) is 3.92. The quantitative estimate of drug-likeness (QED) is 0.912. The molecule has 0 aromatic carbocycles. The largest absolute Gasteiger partial charge is 0.352 e. The van der Waals surface area contributed by atoms with Crippen LogP contribution in [0.5, 0.6) is 0 Å². The van der Waals surface area contributed by atoms with Crippen molar-refractivity contribution in [3.63, 3.8) is 0 Å². The first kappa shape index (κ1) is 16.5. The average molecular weight is 332 g/mol. The molecule has 1 aromatic heterocycles. The van der Waals surface area contributed by atoms with Crippen LogP contribution in [0, 0.1) is 0 Å². The van der Waals surface area contributed by atoms with Crippen LogP contribution in [0.3, 0.4) is 0 Å². The van der Waals surface area contributed by atoms with Gasteiger partial charge in [0.2, 0.25) is 0 Å². The van der Waals surface area contributed by atoms with E-state index in [0.29, 0.717) is 24.2 Å². The number of aromatic nitrogens is 1. The number of rotatable bonds is 4. The summed E-state index contributed by atoms with van der Waals surface area (Å²) >= 11 is 6.18. The zero-order valence-corrected chi connectivity index (χ0v) is 14.2. The molecule has 0 bridgehead atoms. The topological polar surface area (TPSA) is 62.3 Å². The number of anilines is 1. The van der Waals surface area contributed by atoms with Crippen LogP contribution in [0.15, 0.2) is 12.1 Å². The number of sulfone groups is 1. The molecule has 0 amide bonds. The Bertz CT molecular complexity index is 604. The Hall–Kier alpha value is -0.850. The Morgan fingerprint density at radius 1 is 1.48 bits per heavy atom. The summed E-state index contributed by atoms with van der Waals surface area (Å²) in [4.78, 5) is 6.64. The van der Waals surface area contributed by atoms with Crippen LogP contribution in [0.25, 0.3) is 0 Å². The summed E-state index contributed by atoms with van der Waals surface area (Å²) in [7, 11) is -2.92. The van der Waals surface area contributed by atoms with Gasteiger partial charge in [-0.2, -0.15) is 0 Å². The lowest BCUT2D eigenvalue weighted by Crippen LogP contribution is -2.47. The highest BCUT2D eigenvalue weighted by atomic mass is 35.5. The van der Waals surface area contributed by atoms with Gasteiger partial charge in [-0.3, -0.25) is 0 Å². The molecule has 1 fully saturated rings. The van der Waals surface area contributed by atoms with E-state index in [1.807, 2.05) is 24.0 Å². The van der Waals surface area contributed by atoms with Crippen molar-refractivity contribution in [1.82, 2.24) is 10.3 Å². The zero-order valence-electron chi connectivity index (χ0n) is 12.6. The Labute approximate surface area is 131 Å². The molecule has 1 N–H and O–H groups in total. The Balaban J connectivity index is 2.18. The molecule has 0 spiro atoms. The molecule has 5 nitrogen and oxygen atoms in total. The van der Waals surface area contributed by atoms with Gasteiger partial charge < -0.3 is 10.2 Å². The van der Waals surface area contributed by atoms with Crippen LogP contribution in [0.2, 0.25) is 5.02 Å². The van der Waals surface area contributed by atoms with Crippen molar-refractivity contribution in [2.75, 3.05) is 23.0 Å². The predicted octanol–water partition coefficient (Wildman–Crippen LogP) is 1.86. The van der Waals surface area contributed by atoms with E-state index in [1.165, 1.54) is 0 Å². The van der Waals surface area contributed by atoms with Gasteiger partial charge in [0.1, 0.15) is 5.82 Å². The molecule has 21 heavy (non-hydrogen) atoms. The van der Waals surface area contributed by atoms with Crippen molar-refractivity contribution in [2.45, 2.75) is 39.4 Å². The molecule has 2 heterocycles. The van der Waals surface area contributed by atoms with Crippen LogP contribution in [-0.2, 0) is 16.4 Å². The second-order valence-electron chi connectivity index (χ2n) is 5.79. The van der Waals surface area contributed by atoms with E-state index in [0.717, 1.165) is 11.5 Å². The van der Waals surface area contributed by atoms with Crippen molar-refractivity contribution in [3.05, 3.63) is 22.8 Å². The van der Waals surface area contributed by atoms with Crippen molar-refractivity contribution >= 4 is 27.3 Å². The third kappa shape index (κ3) is 4.31. The standard InChI is InChI=1S/C14H22ClN3O2S/c1-10(2)16-8-13-12(15)4-5-14(17-13)18-6-7-21(19,20)9-11(18)3/h4-5,10-11,16H,6-9H2,1-3H3. The molecule has 1 aliphatic rings. The number of hydrogen-bond acceptors (Lipinski definition) is 5. The van der Waals surface area contributed by atoms with Crippen molar-refractivity contribution in [2.24, 2.45) is 0 Å². The fourth-order valence-electron chi connectivity index (χ4n) is 2.40. The van der Waals surface area contributed by atoms with E-state index in [-0.39, 0.29) is 17.5 Å². The van der Waals surface area contributed by atoms with Gasteiger partial charge in [-0.05, 0) is 19.1 Å². The van der Waals surface area contributed by atoms with Crippen LogP contribution >= 0.6 is 11.6 Å². The van der Waals surface area contributed by atoms with Crippen LogP contribution < -0.4 is 10.2 Å². The van der Waals surface area contributed by atoms with E-state index in [1.54, 1.807) is 0 Å². The highest BCUT2D eigenvalue weighted by molar-refractivity contribution is 7.91. The molecule has 118 valence electrons. The van der Waals surface area contributed by atoms with Crippen molar-refractivity contribution < 1.29 is 8.42 Å². The number of hydrogen-bond donors (Lipinski definition) is 1. The minimum atomic E-state index is -2.92. The first-order chi connectivity index (χ1) is 9.78. The van der Waals surface area contributed by atoms with Crippen LogP contribution in [-0.4, -0.2) is 43.5 Å². The minimum Gasteiger partial charge on any atom is -0.352 e. The van der Waals surface area contributed by atoms with Crippen LogP contribution in [0.4, 0.5) is 5.82 Å². The molecule has 1 aromatic rings. The molecule has 0 aliphatic carbocycles. The monoisotopic (exact) mass is 331 g/mol. The third-order valence-corrected chi connectivity index (χ3v) is 5.69. The van der Waals surface area contributed by atoms with Gasteiger partial charge in [0.05, 0.1) is 22.2 Å². The maximum atomic E-state index is 11.7. The number of halogens is 1. The predicted molar refractivity (Wildman–Crippen MR) is 86.7 cm³/mol. The number of nitrogens with one attached hydrogen (secondary N) is 1. The minimum absolute atomic E-state index is 0.0664. The van der Waals surface area contributed by atoms with E-state index in [4.69, 9.17) is 11.6 Å². The second kappa shape index (κ2) is 6.50. The van der Waals surface area contributed by atoms with Gasteiger partial charge >= 0.3 is 0 Å². The molecule has 1 atom stereocenters. The summed E-state index contributed by atoms with van der Waals surface area (Å²) in [6.45, 7) is 7.13. The highest BCUT2D eigenvalue weighted by Crippen LogP contribution is 2.23. The number of nitrogens with zero attached hydrogens (tertiary/aromatic N) is 2. The lowest BCUT2D eigenvalue weighted by molar-refractivity contribution is 0.564. The Morgan fingerprint density at radius 3 is 2.81 bits per heavy atom. The normalized spacial score (nSPS) is 21.8. The maximum Gasteiger partial charge on any atom is 0.154 e. The van der Waals surface area contributed by atoms with Crippen molar-refractivity contribution in [3.8, 4) is 0 Å². The molecular weight excluding hydrogens is 310 g/mol. The molecule has 0 radical (unpaired) electrons. The Morgan fingerprint density at radius 2 is 2.19 bits per heavy atom. The third-order valence-electron chi connectivity index (χ3n) is 3.55. The van der Waals surface area contributed by atoms with Crippen molar-refractivity contribution in [1.29, 1.82) is 0 Å². The summed E-state index contributed by atoms with van der Waals surface area (Å²) < 4.78 is 23.3. The van der Waals surface area contributed by atoms with Gasteiger partial charge in [-0.15, -0.1) is 0 Å². The highest BCUT2D eigenvalue weighted by Gasteiger charge is 2.29. The second-order valence-corrected chi connectivity index (χ2v) is 8.43. The maximum absolute atomic E-state index is 11.7. The van der Waals surface area contributed by atoms with E-state index in [9.17, 15) is 8.42 Å². The summed E-state index contributed by atoms with van der Waals surface area (Å²) in [6.07, 6.45) is 0. The summed E-state index contributed by atoms with van der Waals surface area (Å²) in [5.41, 5.74) is 0.795. The molecule has 2 rings (SSSR count). The lowest BCUT2D eigenvalue weighted by Gasteiger charge is -2.34. The van der Waals surface area contributed by atoms with Gasteiger partial charge in [0, 0.05) is 25.2 Å². The molecule has 1 aliphatic heterocycles. The van der Waals surface area contributed by atoms with Crippen LogP contribution in [0.1, 0.15) is 26.5 Å². The molecular formula is C14H22ClN3O2S. The first-order valence-corrected chi connectivity index (χ1v) is 9.34.